The van der Waals surface area contributed by atoms with E-state index in [4.69, 9.17) is 5.73 Å². The average Bonchev–Trinajstić information content (AvgIpc) is 2.14. The molecule has 0 fully saturated rings. The molecule has 0 saturated heterocycles. The Hall–Kier alpha value is -1.56. The predicted octanol–water partition coefficient (Wildman–Crippen LogP) is -1.31. The second-order valence-electron chi connectivity index (χ2n) is 3.74. The van der Waals surface area contributed by atoms with E-state index in [2.05, 4.69) is 0 Å². The van der Waals surface area contributed by atoms with Crippen molar-refractivity contribution in [2.24, 2.45) is 7.05 Å². The highest BCUT2D eigenvalue weighted by molar-refractivity contribution is 5.30. The minimum atomic E-state index is -0.417. The van der Waals surface area contributed by atoms with Crippen LogP contribution < -0.4 is 17.0 Å². The Bertz CT molecular complexity index is 424. The van der Waals surface area contributed by atoms with Crippen LogP contribution in [-0.4, -0.2) is 34.7 Å². The molecule has 1 aromatic heterocycles. The van der Waals surface area contributed by atoms with Crippen LogP contribution in [0.3, 0.4) is 0 Å². The first-order valence-electron chi connectivity index (χ1n) is 4.64. The van der Waals surface area contributed by atoms with E-state index < -0.39 is 5.56 Å². The van der Waals surface area contributed by atoms with Gasteiger partial charge in [-0.05, 0) is 14.1 Å². The monoisotopic (exact) mass is 212 g/mol. The quantitative estimate of drug-likeness (QED) is 0.675. The van der Waals surface area contributed by atoms with Crippen molar-refractivity contribution in [1.29, 1.82) is 0 Å². The summed E-state index contributed by atoms with van der Waals surface area (Å²) in [6.07, 6.45) is 1.34. The van der Waals surface area contributed by atoms with Crippen LogP contribution in [0.5, 0.6) is 0 Å². The van der Waals surface area contributed by atoms with Gasteiger partial charge in [0.25, 0.3) is 5.56 Å². The topological polar surface area (TPSA) is 73.3 Å². The maximum absolute atomic E-state index is 11.6. The SMILES string of the molecule is CN(C)CCn1c(=O)c(N)cn(C)c1=O. The highest BCUT2D eigenvalue weighted by atomic mass is 16.2. The zero-order valence-electron chi connectivity index (χ0n) is 9.23. The van der Waals surface area contributed by atoms with E-state index >= 15 is 0 Å². The van der Waals surface area contributed by atoms with Crippen molar-refractivity contribution in [1.82, 2.24) is 14.0 Å². The number of anilines is 1. The molecule has 0 aliphatic heterocycles. The molecule has 0 atom stereocenters. The Morgan fingerprint density at radius 3 is 2.53 bits per heavy atom. The Morgan fingerprint density at radius 1 is 1.40 bits per heavy atom. The average molecular weight is 212 g/mol. The van der Waals surface area contributed by atoms with E-state index in [9.17, 15) is 9.59 Å². The number of nitrogens with zero attached hydrogens (tertiary/aromatic N) is 3. The van der Waals surface area contributed by atoms with Crippen LogP contribution in [0.1, 0.15) is 0 Å². The van der Waals surface area contributed by atoms with Crippen LogP contribution in [-0.2, 0) is 13.6 Å². The van der Waals surface area contributed by atoms with Gasteiger partial charge in [0.15, 0.2) is 0 Å². The first-order valence-corrected chi connectivity index (χ1v) is 4.64. The summed E-state index contributed by atoms with van der Waals surface area (Å²) in [4.78, 5) is 25.1. The number of likely N-dealkylation sites (N-methyl/N-ethyl adjacent to an activating group) is 1. The molecule has 6 heteroatoms. The van der Waals surface area contributed by atoms with Gasteiger partial charge in [-0.15, -0.1) is 0 Å². The van der Waals surface area contributed by atoms with E-state index in [1.54, 1.807) is 7.05 Å². The number of nitrogens with two attached hydrogens (primary N) is 1. The van der Waals surface area contributed by atoms with Gasteiger partial charge in [0.1, 0.15) is 5.69 Å². The van der Waals surface area contributed by atoms with E-state index in [0.29, 0.717) is 13.1 Å². The molecule has 84 valence electrons. The molecule has 2 N–H and O–H groups in total. The molecule has 15 heavy (non-hydrogen) atoms. The van der Waals surface area contributed by atoms with Gasteiger partial charge in [0.05, 0.1) is 0 Å². The second kappa shape index (κ2) is 4.31. The predicted molar refractivity (Wildman–Crippen MR) is 58.9 cm³/mol. The molecule has 0 spiro atoms. The Kier molecular flexibility index (Phi) is 3.31. The largest absolute Gasteiger partial charge is 0.393 e. The third-order valence-electron chi connectivity index (χ3n) is 2.13. The summed E-state index contributed by atoms with van der Waals surface area (Å²) < 4.78 is 2.46. The van der Waals surface area contributed by atoms with E-state index in [0.717, 1.165) is 4.57 Å². The number of nitrogen functional groups attached to an aromatic ring is 1. The van der Waals surface area contributed by atoms with Crippen LogP contribution in [0.2, 0.25) is 0 Å². The van der Waals surface area contributed by atoms with Crippen LogP contribution in [0, 0.1) is 0 Å². The summed E-state index contributed by atoms with van der Waals surface area (Å²) in [6.45, 7) is 0.974. The molecule has 1 aromatic rings. The summed E-state index contributed by atoms with van der Waals surface area (Å²) in [5, 5.41) is 0. The molecule has 0 aliphatic carbocycles. The normalized spacial score (nSPS) is 10.9. The van der Waals surface area contributed by atoms with Crippen LogP contribution in [0.25, 0.3) is 0 Å². The van der Waals surface area contributed by atoms with Gasteiger partial charge in [0.2, 0.25) is 0 Å². The van der Waals surface area contributed by atoms with Gasteiger partial charge in [0, 0.05) is 26.3 Å². The minimum Gasteiger partial charge on any atom is -0.393 e. The summed E-state index contributed by atoms with van der Waals surface area (Å²) in [6, 6.07) is 0. The van der Waals surface area contributed by atoms with Gasteiger partial charge in [-0.3, -0.25) is 9.36 Å². The van der Waals surface area contributed by atoms with Crippen molar-refractivity contribution >= 4 is 5.69 Å². The molecule has 0 radical (unpaired) electrons. The maximum Gasteiger partial charge on any atom is 0.330 e. The van der Waals surface area contributed by atoms with E-state index in [1.807, 2.05) is 19.0 Å². The lowest BCUT2D eigenvalue weighted by molar-refractivity contribution is 0.374. The lowest BCUT2D eigenvalue weighted by Gasteiger charge is -2.11. The first-order chi connectivity index (χ1) is 6.93. The number of hydrogen-bond donors (Lipinski definition) is 1. The number of hydrogen-bond acceptors (Lipinski definition) is 4. The summed E-state index contributed by atoms with van der Waals surface area (Å²) in [7, 11) is 5.33. The second-order valence-corrected chi connectivity index (χ2v) is 3.74. The fourth-order valence-electron chi connectivity index (χ4n) is 1.25. The zero-order chi connectivity index (χ0) is 11.6. The van der Waals surface area contributed by atoms with Crippen molar-refractivity contribution in [2.75, 3.05) is 26.4 Å². The summed E-state index contributed by atoms with van der Waals surface area (Å²) in [5.41, 5.74) is 4.83. The lowest BCUT2D eigenvalue weighted by Crippen LogP contribution is -2.41. The van der Waals surface area contributed by atoms with Crippen molar-refractivity contribution in [2.45, 2.75) is 6.54 Å². The van der Waals surface area contributed by atoms with E-state index in [1.165, 1.54) is 10.8 Å². The van der Waals surface area contributed by atoms with E-state index in [-0.39, 0.29) is 11.4 Å². The van der Waals surface area contributed by atoms with Gasteiger partial charge in [-0.2, -0.15) is 0 Å². The molecule has 1 heterocycles. The minimum absolute atomic E-state index is 0.0934. The fourth-order valence-corrected chi connectivity index (χ4v) is 1.25. The first kappa shape index (κ1) is 11.5. The van der Waals surface area contributed by atoms with Crippen molar-refractivity contribution < 1.29 is 0 Å². The van der Waals surface area contributed by atoms with Gasteiger partial charge >= 0.3 is 5.69 Å². The number of rotatable bonds is 3. The molecule has 6 nitrogen and oxygen atoms in total. The van der Waals surface area contributed by atoms with Crippen LogP contribution in [0.15, 0.2) is 15.8 Å². The van der Waals surface area contributed by atoms with Gasteiger partial charge in [-0.1, -0.05) is 0 Å². The molecular weight excluding hydrogens is 196 g/mol. The molecular formula is C9H16N4O2. The lowest BCUT2D eigenvalue weighted by atomic mass is 10.5. The van der Waals surface area contributed by atoms with Crippen molar-refractivity contribution in [3.8, 4) is 0 Å². The van der Waals surface area contributed by atoms with Gasteiger partial charge in [-0.25, -0.2) is 4.79 Å². The molecule has 0 unspecified atom stereocenters. The molecule has 0 bridgehead atoms. The number of aryl methyl sites for hydroxylation is 1. The fraction of sp³-hybridized carbons (Fsp3) is 0.556. The Morgan fingerprint density at radius 2 is 2.00 bits per heavy atom. The smallest absolute Gasteiger partial charge is 0.330 e. The van der Waals surface area contributed by atoms with Gasteiger partial charge < -0.3 is 15.2 Å². The molecule has 0 aromatic carbocycles. The van der Waals surface area contributed by atoms with Crippen molar-refractivity contribution in [3.05, 3.63) is 27.0 Å². The third kappa shape index (κ3) is 2.47. The molecule has 0 aliphatic rings. The molecule has 0 saturated carbocycles. The summed E-state index contributed by atoms with van der Waals surface area (Å²) in [5.74, 6) is 0. The number of aromatic nitrogens is 2. The standard InChI is InChI=1S/C9H16N4O2/c1-11(2)4-5-13-8(14)7(10)6-12(3)9(13)15/h6H,4-5,10H2,1-3H3. The third-order valence-corrected chi connectivity index (χ3v) is 2.13. The zero-order valence-corrected chi connectivity index (χ0v) is 9.23. The van der Waals surface area contributed by atoms with Crippen LogP contribution in [0.4, 0.5) is 5.69 Å². The Labute approximate surface area is 87.5 Å². The highest BCUT2D eigenvalue weighted by Gasteiger charge is 2.06. The van der Waals surface area contributed by atoms with Crippen molar-refractivity contribution in [3.63, 3.8) is 0 Å². The highest BCUT2D eigenvalue weighted by Crippen LogP contribution is 1.87. The maximum atomic E-state index is 11.6. The summed E-state index contributed by atoms with van der Waals surface area (Å²) >= 11 is 0. The Balaban J connectivity index is 3.16. The molecule has 1 rings (SSSR count). The molecule has 0 amide bonds. The van der Waals surface area contributed by atoms with Crippen LogP contribution >= 0.6 is 0 Å².